The molecule has 2 heterocycles. The number of carbonyl (C=O) groups is 1. The molecule has 1 aromatic heterocycles. The number of fused-ring (bicyclic) bond motifs is 2. The van der Waals surface area contributed by atoms with E-state index in [4.69, 9.17) is 25.5 Å². The highest BCUT2D eigenvalue weighted by molar-refractivity contribution is 9.10. The Bertz CT molecular complexity index is 1520. The second-order valence-electron chi connectivity index (χ2n) is 8.36. The predicted molar refractivity (Wildman–Crippen MR) is 144 cm³/mol. The summed E-state index contributed by atoms with van der Waals surface area (Å²) in [4.78, 5) is 29.1. The molecule has 0 N–H and O–H groups in total. The number of hydrogen-bond acceptors (Lipinski definition) is 5. The first-order chi connectivity index (χ1) is 17.4. The molecule has 0 saturated heterocycles. The number of ether oxygens (including phenoxy) is 2. The summed E-state index contributed by atoms with van der Waals surface area (Å²) < 4.78 is 18.6. The molecular formula is C28H23BrClNO5. The van der Waals surface area contributed by atoms with E-state index in [9.17, 15) is 9.59 Å². The van der Waals surface area contributed by atoms with Gasteiger partial charge >= 0.3 is 0 Å². The second kappa shape index (κ2) is 9.99. The van der Waals surface area contributed by atoms with Crippen LogP contribution in [-0.4, -0.2) is 19.1 Å². The van der Waals surface area contributed by atoms with Crippen molar-refractivity contribution in [3.05, 3.63) is 97.3 Å². The van der Waals surface area contributed by atoms with Gasteiger partial charge in [0.2, 0.25) is 5.76 Å². The van der Waals surface area contributed by atoms with Gasteiger partial charge in [0.1, 0.15) is 5.58 Å². The summed E-state index contributed by atoms with van der Waals surface area (Å²) >= 11 is 9.63. The zero-order valence-electron chi connectivity index (χ0n) is 19.7. The van der Waals surface area contributed by atoms with Crippen LogP contribution in [0, 0.1) is 0 Å². The molecule has 184 valence electrons. The Morgan fingerprint density at radius 2 is 1.75 bits per heavy atom. The van der Waals surface area contributed by atoms with E-state index in [1.54, 1.807) is 23.1 Å². The number of hydrogen-bond donors (Lipinski definition) is 0. The lowest BCUT2D eigenvalue weighted by Crippen LogP contribution is -2.29. The van der Waals surface area contributed by atoms with Crippen LogP contribution >= 0.6 is 27.5 Å². The number of benzene rings is 3. The first-order valence-corrected chi connectivity index (χ1v) is 12.8. The quantitative estimate of drug-likeness (QED) is 0.237. The van der Waals surface area contributed by atoms with Gasteiger partial charge in [-0.05, 0) is 73.5 Å². The predicted octanol–water partition coefficient (Wildman–Crippen LogP) is 7.15. The van der Waals surface area contributed by atoms with Gasteiger partial charge in [-0.1, -0.05) is 40.5 Å². The van der Waals surface area contributed by atoms with Gasteiger partial charge in [-0.15, -0.1) is 0 Å². The van der Waals surface area contributed by atoms with Crippen LogP contribution in [0.5, 0.6) is 11.5 Å². The molecule has 8 heteroatoms. The van der Waals surface area contributed by atoms with Crippen molar-refractivity contribution in [3.8, 4) is 11.5 Å². The minimum absolute atomic E-state index is 0.0204. The summed E-state index contributed by atoms with van der Waals surface area (Å²) in [7, 11) is 0. The molecule has 0 aliphatic carbocycles. The Morgan fingerprint density at radius 3 is 2.47 bits per heavy atom. The van der Waals surface area contributed by atoms with Gasteiger partial charge < -0.3 is 13.9 Å². The molecule has 0 saturated carbocycles. The fraction of sp³-hybridized carbons (Fsp3) is 0.214. The maximum absolute atomic E-state index is 13.8. The summed E-state index contributed by atoms with van der Waals surface area (Å²) in [5, 5.41) is 0.737. The summed E-state index contributed by atoms with van der Waals surface area (Å²) in [6.07, 6.45) is 0.853. The molecule has 0 fully saturated rings. The topological polar surface area (TPSA) is 69.0 Å². The van der Waals surface area contributed by atoms with E-state index in [-0.39, 0.29) is 16.8 Å². The molecular weight excluding hydrogens is 546 g/mol. The van der Waals surface area contributed by atoms with Gasteiger partial charge in [0.15, 0.2) is 16.9 Å². The minimum atomic E-state index is -0.729. The van der Waals surface area contributed by atoms with Crippen LogP contribution in [0.4, 0.5) is 5.69 Å². The van der Waals surface area contributed by atoms with Crippen LogP contribution in [0.15, 0.2) is 74.3 Å². The van der Waals surface area contributed by atoms with Gasteiger partial charge in [-0.25, -0.2) is 0 Å². The molecule has 0 spiro atoms. The van der Waals surface area contributed by atoms with Gasteiger partial charge in [0.05, 0.1) is 30.2 Å². The largest absolute Gasteiger partial charge is 0.490 e. The van der Waals surface area contributed by atoms with Crippen molar-refractivity contribution in [1.82, 2.24) is 0 Å². The maximum atomic E-state index is 13.8. The van der Waals surface area contributed by atoms with E-state index in [0.717, 1.165) is 10.9 Å². The monoisotopic (exact) mass is 567 g/mol. The molecule has 6 nitrogen and oxygen atoms in total. The Kier molecular flexibility index (Phi) is 6.77. The van der Waals surface area contributed by atoms with E-state index in [1.165, 1.54) is 0 Å². The molecule has 1 amide bonds. The Balaban J connectivity index is 1.75. The van der Waals surface area contributed by atoms with Crippen LogP contribution in [-0.2, 0) is 0 Å². The lowest BCUT2D eigenvalue weighted by atomic mass is 9.97. The third kappa shape index (κ3) is 4.27. The van der Waals surface area contributed by atoms with Gasteiger partial charge in [0, 0.05) is 15.2 Å². The molecule has 1 aliphatic heterocycles. The highest BCUT2D eigenvalue weighted by atomic mass is 79.9. The molecule has 0 bridgehead atoms. The van der Waals surface area contributed by atoms with Crippen molar-refractivity contribution >= 4 is 50.1 Å². The van der Waals surface area contributed by atoms with E-state index < -0.39 is 11.9 Å². The van der Waals surface area contributed by atoms with Crippen molar-refractivity contribution in [2.45, 2.75) is 26.3 Å². The fourth-order valence-electron chi connectivity index (χ4n) is 4.42. The first-order valence-electron chi connectivity index (χ1n) is 11.7. The highest BCUT2D eigenvalue weighted by Gasteiger charge is 2.44. The molecule has 4 aromatic rings. The molecule has 1 aliphatic rings. The SMILES string of the molecule is CCCOc1ccc(C2c3c(oc4ccc(Cl)cc4c3=O)C(=O)N2c2ccc(Br)cc2)cc1OCC. The highest BCUT2D eigenvalue weighted by Crippen LogP contribution is 2.43. The first kappa shape index (κ1) is 24.4. The number of carbonyl (C=O) groups excluding carboxylic acids is 1. The summed E-state index contributed by atoms with van der Waals surface area (Å²) in [5.41, 5.74) is 1.61. The lowest BCUT2D eigenvalue weighted by molar-refractivity contribution is 0.0971. The van der Waals surface area contributed by atoms with E-state index >= 15 is 0 Å². The van der Waals surface area contributed by atoms with Crippen molar-refractivity contribution < 1.29 is 18.7 Å². The molecule has 1 atom stereocenters. The fourth-order valence-corrected chi connectivity index (χ4v) is 4.86. The van der Waals surface area contributed by atoms with Gasteiger partial charge in [-0.3, -0.25) is 14.5 Å². The van der Waals surface area contributed by atoms with E-state index in [2.05, 4.69) is 15.9 Å². The van der Waals surface area contributed by atoms with Crippen LogP contribution in [0.2, 0.25) is 5.02 Å². The molecule has 3 aromatic carbocycles. The minimum Gasteiger partial charge on any atom is -0.490 e. The normalized spacial score (nSPS) is 14.8. The molecule has 0 radical (unpaired) electrons. The third-order valence-electron chi connectivity index (χ3n) is 5.98. The lowest BCUT2D eigenvalue weighted by Gasteiger charge is -2.26. The Hall–Kier alpha value is -3.29. The molecule has 36 heavy (non-hydrogen) atoms. The summed E-state index contributed by atoms with van der Waals surface area (Å²) in [6.45, 7) is 4.91. The standard InChI is InChI=1S/C28H23BrClNO5/c1-3-13-35-22-11-5-16(14-23(22)34-4-2)25-24-26(32)20-15-18(30)8-12-21(20)36-27(24)28(33)31(25)19-9-6-17(29)7-10-19/h5-12,14-15,25H,3-4,13H2,1-2H3. The van der Waals surface area contributed by atoms with Crippen LogP contribution in [0.25, 0.3) is 11.0 Å². The summed E-state index contributed by atoms with van der Waals surface area (Å²) in [6, 6.07) is 16.9. The Morgan fingerprint density at radius 1 is 0.972 bits per heavy atom. The Labute approximate surface area is 221 Å². The maximum Gasteiger partial charge on any atom is 0.295 e. The number of halogens is 2. The van der Waals surface area contributed by atoms with Crippen molar-refractivity contribution in [2.75, 3.05) is 18.1 Å². The molecule has 5 rings (SSSR count). The van der Waals surface area contributed by atoms with E-state index in [0.29, 0.717) is 52.0 Å². The average molecular weight is 569 g/mol. The van der Waals surface area contributed by atoms with Crippen LogP contribution in [0.3, 0.4) is 0 Å². The number of rotatable bonds is 7. The number of anilines is 1. The smallest absolute Gasteiger partial charge is 0.295 e. The zero-order chi connectivity index (χ0) is 25.4. The number of amides is 1. The van der Waals surface area contributed by atoms with E-state index in [1.807, 2.05) is 56.3 Å². The number of nitrogens with zero attached hydrogens (tertiary/aromatic N) is 1. The third-order valence-corrected chi connectivity index (χ3v) is 6.75. The zero-order valence-corrected chi connectivity index (χ0v) is 22.1. The van der Waals surface area contributed by atoms with Crippen molar-refractivity contribution in [1.29, 1.82) is 0 Å². The average Bonchev–Trinajstić information content (AvgIpc) is 3.17. The van der Waals surface area contributed by atoms with Crippen LogP contribution in [0.1, 0.15) is 48.0 Å². The second-order valence-corrected chi connectivity index (χ2v) is 9.71. The molecule has 1 unspecified atom stereocenters. The van der Waals surface area contributed by atoms with Crippen molar-refractivity contribution in [3.63, 3.8) is 0 Å². The van der Waals surface area contributed by atoms with Crippen LogP contribution < -0.4 is 19.8 Å². The van der Waals surface area contributed by atoms with Crippen molar-refractivity contribution in [2.24, 2.45) is 0 Å². The van der Waals surface area contributed by atoms with Gasteiger partial charge in [0.25, 0.3) is 5.91 Å². The summed E-state index contributed by atoms with van der Waals surface area (Å²) in [5.74, 6) is 0.787. The van der Waals surface area contributed by atoms with Gasteiger partial charge in [-0.2, -0.15) is 0 Å².